The van der Waals surface area contributed by atoms with Gasteiger partial charge in [-0.1, -0.05) is 13.8 Å². The molecule has 0 radical (unpaired) electrons. The van der Waals surface area contributed by atoms with E-state index in [1.165, 1.54) is 0 Å². The van der Waals surface area contributed by atoms with E-state index >= 15 is 0 Å². The second-order valence-corrected chi connectivity index (χ2v) is 4.83. The third-order valence-corrected chi connectivity index (χ3v) is 2.87. The molecule has 0 aliphatic heterocycles. The van der Waals surface area contributed by atoms with Crippen molar-refractivity contribution in [3.63, 3.8) is 0 Å². The fraction of sp³-hybridized carbons (Fsp3) is 0.500. The maximum Gasteiger partial charge on any atom is 0.145 e. The maximum atomic E-state index is 5.42. The van der Waals surface area contributed by atoms with Gasteiger partial charge in [0, 0.05) is 32.0 Å². The molecule has 0 aliphatic carbocycles. The number of nitrogen functional groups attached to an aromatic ring is 1. The van der Waals surface area contributed by atoms with Gasteiger partial charge >= 0.3 is 0 Å². The summed E-state index contributed by atoms with van der Waals surface area (Å²) in [6.07, 6.45) is 2.45. The van der Waals surface area contributed by atoms with Crippen molar-refractivity contribution in [2.24, 2.45) is 12.9 Å². The smallest absolute Gasteiger partial charge is 0.145 e. The Hall–Kier alpha value is -2.22. The Morgan fingerprint density at radius 1 is 1.30 bits per heavy atom. The summed E-state index contributed by atoms with van der Waals surface area (Å²) in [5.41, 5.74) is 2.56. The summed E-state index contributed by atoms with van der Waals surface area (Å²) >= 11 is 0. The number of hydrogen-bond donors (Lipinski definition) is 3. The van der Waals surface area contributed by atoms with E-state index in [-0.39, 0.29) is 5.92 Å². The number of nitrogens with zero attached hydrogens (tertiary/aromatic N) is 5. The molecular weight excluding hydrogens is 256 g/mol. The molecule has 0 bridgehead atoms. The average Bonchev–Trinajstić information content (AvgIpc) is 2.84. The van der Waals surface area contributed by atoms with Gasteiger partial charge in [0.05, 0.1) is 0 Å². The highest BCUT2D eigenvalue weighted by atomic mass is 15.3. The molecule has 0 saturated heterocycles. The molecule has 0 unspecified atom stereocenters. The van der Waals surface area contributed by atoms with E-state index in [9.17, 15) is 0 Å². The quantitative estimate of drug-likeness (QED) is 0.526. The first-order chi connectivity index (χ1) is 9.60. The van der Waals surface area contributed by atoms with E-state index in [2.05, 4.69) is 30.9 Å². The zero-order valence-corrected chi connectivity index (χ0v) is 12.0. The van der Waals surface area contributed by atoms with Crippen LogP contribution in [0.1, 0.15) is 31.4 Å². The van der Waals surface area contributed by atoms with Crippen LogP contribution >= 0.6 is 0 Å². The fourth-order valence-corrected chi connectivity index (χ4v) is 1.72. The van der Waals surface area contributed by atoms with Gasteiger partial charge in [0.2, 0.25) is 0 Å². The van der Waals surface area contributed by atoms with E-state index in [1.807, 2.05) is 25.5 Å². The van der Waals surface area contributed by atoms with E-state index in [4.69, 9.17) is 5.84 Å². The summed E-state index contributed by atoms with van der Waals surface area (Å²) in [4.78, 5) is 8.77. The van der Waals surface area contributed by atoms with Crippen LogP contribution in [0.2, 0.25) is 0 Å². The zero-order chi connectivity index (χ0) is 14.5. The topological polar surface area (TPSA) is 107 Å². The molecule has 0 fully saturated rings. The molecule has 4 N–H and O–H groups in total. The monoisotopic (exact) mass is 276 g/mol. The average molecular weight is 276 g/mol. The van der Waals surface area contributed by atoms with Gasteiger partial charge in [0.1, 0.15) is 29.6 Å². The van der Waals surface area contributed by atoms with Gasteiger partial charge in [-0.05, 0) is 0 Å². The van der Waals surface area contributed by atoms with Gasteiger partial charge in [-0.15, -0.1) is 10.2 Å². The molecule has 0 amide bonds. The Morgan fingerprint density at radius 2 is 2.05 bits per heavy atom. The first kappa shape index (κ1) is 14.2. The number of rotatable bonds is 6. The van der Waals surface area contributed by atoms with Crippen molar-refractivity contribution < 1.29 is 0 Å². The third kappa shape index (κ3) is 3.41. The van der Waals surface area contributed by atoms with Crippen LogP contribution in [0.4, 0.5) is 11.6 Å². The lowest BCUT2D eigenvalue weighted by atomic mass is 10.2. The molecule has 2 rings (SSSR count). The van der Waals surface area contributed by atoms with Gasteiger partial charge in [-0.3, -0.25) is 0 Å². The summed E-state index contributed by atoms with van der Waals surface area (Å²) in [5, 5.41) is 11.1. The van der Waals surface area contributed by atoms with Gasteiger partial charge in [-0.2, -0.15) is 0 Å². The third-order valence-electron chi connectivity index (χ3n) is 2.87. The second kappa shape index (κ2) is 6.29. The molecule has 0 atom stereocenters. The Morgan fingerprint density at radius 3 is 2.65 bits per heavy atom. The molecule has 2 heterocycles. The van der Waals surface area contributed by atoms with Crippen LogP contribution < -0.4 is 16.6 Å². The number of nitrogens with two attached hydrogens (primary N) is 1. The Labute approximate surface area is 117 Å². The molecule has 2 aromatic heterocycles. The molecule has 8 nitrogen and oxygen atoms in total. The molecule has 0 aromatic carbocycles. The highest BCUT2D eigenvalue weighted by molar-refractivity contribution is 5.47. The number of aryl methyl sites for hydroxylation is 1. The number of aromatic nitrogens is 5. The van der Waals surface area contributed by atoms with Gasteiger partial charge in [0.15, 0.2) is 0 Å². The van der Waals surface area contributed by atoms with Gasteiger partial charge in [-0.25, -0.2) is 15.8 Å². The maximum absolute atomic E-state index is 5.42. The largest absolute Gasteiger partial charge is 0.369 e. The molecular formula is C12H20N8. The van der Waals surface area contributed by atoms with Crippen LogP contribution in [0.5, 0.6) is 0 Å². The zero-order valence-electron chi connectivity index (χ0n) is 12.0. The standard InChI is InChI=1S/C12H20N8/c1-8(2)12-16-9(6-10(17-12)18-13)14-5-4-11-19-15-7-20(11)3/h6-8H,4-5,13H2,1-3H3,(H2,14,16,17,18). The highest BCUT2D eigenvalue weighted by Gasteiger charge is 2.08. The molecule has 0 saturated carbocycles. The highest BCUT2D eigenvalue weighted by Crippen LogP contribution is 2.16. The SMILES string of the molecule is CC(C)c1nc(NN)cc(NCCc2nncn2C)n1. The summed E-state index contributed by atoms with van der Waals surface area (Å²) in [5.74, 6) is 8.69. The van der Waals surface area contributed by atoms with E-state index in [0.29, 0.717) is 12.4 Å². The van der Waals surface area contributed by atoms with E-state index in [1.54, 1.807) is 12.4 Å². The predicted molar refractivity (Wildman–Crippen MR) is 77.1 cm³/mol. The Kier molecular flexibility index (Phi) is 4.46. The summed E-state index contributed by atoms with van der Waals surface area (Å²) in [6.45, 7) is 4.79. The first-order valence-electron chi connectivity index (χ1n) is 6.52. The number of anilines is 2. The van der Waals surface area contributed by atoms with Crippen LogP contribution in [-0.4, -0.2) is 31.3 Å². The van der Waals surface area contributed by atoms with Crippen LogP contribution in [-0.2, 0) is 13.5 Å². The molecule has 0 aliphatic rings. The van der Waals surface area contributed by atoms with Crippen molar-refractivity contribution in [1.29, 1.82) is 0 Å². The van der Waals surface area contributed by atoms with Crippen LogP contribution in [0.3, 0.4) is 0 Å². The molecule has 0 spiro atoms. The van der Waals surface area contributed by atoms with Crippen molar-refractivity contribution in [1.82, 2.24) is 24.7 Å². The molecule has 8 heteroatoms. The summed E-state index contributed by atoms with van der Waals surface area (Å²) in [7, 11) is 1.92. The number of hydrogen-bond acceptors (Lipinski definition) is 7. The van der Waals surface area contributed by atoms with Crippen molar-refractivity contribution in [2.45, 2.75) is 26.2 Å². The Bertz CT molecular complexity index is 562. The molecule has 20 heavy (non-hydrogen) atoms. The minimum absolute atomic E-state index is 0.239. The lowest BCUT2D eigenvalue weighted by molar-refractivity contribution is 0.768. The van der Waals surface area contributed by atoms with E-state index in [0.717, 1.165) is 23.9 Å². The summed E-state index contributed by atoms with van der Waals surface area (Å²) in [6, 6.07) is 1.78. The van der Waals surface area contributed by atoms with Crippen molar-refractivity contribution in [2.75, 3.05) is 17.3 Å². The van der Waals surface area contributed by atoms with Crippen LogP contribution in [0.25, 0.3) is 0 Å². The lowest BCUT2D eigenvalue weighted by Gasteiger charge is -2.11. The Balaban J connectivity index is 2.01. The molecule has 2 aromatic rings. The van der Waals surface area contributed by atoms with Crippen LogP contribution in [0, 0.1) is 0 Å². The van der Waals surface area contributed by atoms with Gasteiger partial charge in [0.25, 0.3) is 0 Å². The number of nitrogens with one attached hydrogen (secondary N) is 2. The lowest BCUT2D eigenvalue weighted by Crippen LogP contribution is -2.14. The van der Waals surface area contributed by atoms with Gasteiger partial charge < -0.3 is 15.3 Å². The first-order valence-corrected chi connectivity index (χ1v) is 6.52. The van der Waals surface area contributed by atoms with Crippen molar-refractivity contribution in [3.8, 4) is 0 Å². The van der Waals surface area contributed by atoms with Crippen LogP contribution in [0.15, 0.2) is 12.4 Å². The fourth-order valence-electron chi connectivity index (χ4n) is 1.72. The normalized spacial score (nSPS) is 10.8. The number of hydrazine groups is 1. The minimum atomic E-state index is 0.239. The molecule has 108 valence electrons. The van der Waals surface area contributed by atoms with E-state index < -0.39 is 0 Å². The second-order valence-electron chi connectivity index (χ2n) is 4.83. The van der Waals surface area contributed by atoms with Crippen molar-refractivity contribution >= 4 is 11.6 Å². The van der Waals surface area contributed by atoms with Crippen molar-refractivity contribution in [3.05, 3.63) is 24.0 Å². The minimum Gasteiger partial charge on any atom is -0.369 e. The summed E-state index contributed by atoms with van der Waals surface area (Å²) < 4.78 is 1.90. The predicted octanol–water partition coefficient (Wildman–Crippen LogP) is 0.669.